The highest BCUT2D eigenvalue weighted by atomic mass is 19.4. The maximum Gasteiger partial charge on any atom is 0.417 e. The summed E-state index contributed by atoms with van der Waals surface area (Å²) < 4.78 is 50.0. The maximum absolute atomic E-state index is 13.1. The normalized spacial score (nSPS) is 12.3. The lowest BCUT2D eigenvalue weighted by Gasteiger charge is -2.16. The van der Waals surface area contributed by atoms with E-state index in [1.807, 2.05) is 55.5 Å². The number of hydrogen-bond acceptors (Lipinski definition) is 5. The molecular formula is C32H28F3N3O3. The molecule has 0 aliphatic rings. The molecule has 41 heavy (non-hydrogen) atoms. The predicted octanol–water partition coefficient (Wildman–Crippen LogP) is 7.42. The van der Waals surface area contributed by atoms with Crippen molar-refractivity contribution in [1.82, 2.24) is 15.0 Å². The third-order valence-corrected chi connectivity index (χ3v) is 6.88. The van der Waals surface area contributed by atoms with E-state index in [2.05, 4.69) is 15.0 Å². The van der Waals surface area contributed by atoms with E-state index in [0.29, 0.717) is 30.0 Å². The number of H-pyrrole nitrogens is 1. The number of carbonyl (C=O) groups is 1. The number of alkyl halides is 3. The number of pyridine rings is 2. The van der Waals surface area contributed by atoms with Gasteiger partial charge in [-0.1, -0.05) is 30.3 Å². The van der Waals surface area contributed by atoms with Gasteiger partial charge in [0.2, 0.25) is 0 Å². The smallest absolute Gasteiger partial charge is 0.417 e. The lowest BCUT2D eigenvalue weighted by Crippen LogP contribution is -2.19. The lowest BCUT2D eigenvalue weighted by molar-refractivity contribution is -0.145. The minimum absolute atomic E-state index is 0.249. The second kappa shape index (κ2) is 11.8. The Balaban J connectivity index is 1.38. The van der Waals surface area contributed by atoms with E-state index in [4.69, 9.17) is 9.47 Å². The van der Waals surface area contributed by atoms with Crippen molar-refractivity contribution in [3.63, 3.8) is 0 Å². The van der Waals surface area contributed by atoms with Crippen LogP contribution in [0.3, 0.4) is 0 Å². The summed E-state index contributed by atoms with van der Waals surface area (Å²) in [6.45, 7) is 4.32. The standard InChI is InChI=1S/C32H28F3N3O3/c1-3-40-31(39)27(16-21-7-9-22(10-8-21)28-13-11-23(18-37-28)32(33,34)35)30-20(2)26-17-25(12-14-29(26)38-30)41-19-24-6-4-5-15-36-24/h4-15,17-18,27,38H,3,16,19H2,1-2H3. The Labute approximate surface area is 235 Å². The summed E-state index contributed by atoms with van der Waals surface area (Å²) in [6.07, 6.45) is -1.52. The number of aromatic nitrogens is 3. The molecule has 2 aromatic carbocycles. The van der Waals surface area contributed by atoms with Crippen LogP contribution in [0.2, 0.25) is 0 Å². The molecule has 0 fully saturated rings. The van der Waals surface area contributed by atoms with E-state index in [-0.39, 0.29) is 12.6 Å². The van der Waals surface area contributed by atoms with Crippen molar-refractivity contribution in [2.45, 2.75) is 39.0 Å². The van der Waals surface area contributed by atoms with Crippen molar-refractivity contribution in [2.24, 2.45) is 0 Å². The molecule has 6 nitrogen and oxygen atoms in total. The van der Waals surface area contributed by atoms with Crippen molar-refractivity contribution in [2.75, 3.05) is 6.61 Å². The monoisotopic (exact) mass is 559 g/mol. The summed E-state index contributed by atoms with van der Waals surface area (Å²) in [5.41, 5.74) is 4.56. The molecule has 0 saturated carbocycles. The second-order valence-electron chi connectivity index (χ2n) is 9.62. The number of carbonyl (C=O) groups excluding carboxylic acids is 1. The molecule has 3 heterocycles. The highest BCUT2D eigenvalue weighted by Crippen LogP contribution is 2.33. The Hall–Kier alpha value is -4.66. The molecule has 5 rings (SSSR count). The number of hydrogen-bond donors (Lipinski definition) is 1. The Bertz CT molecular complexity index is 1630. The number of benzene rings is 2. The molecule has 0 amide bonds. The highest BCUT2D eigenvalue weighted by Gasteiger charge is 2.31. The Morgan fingerprint density at radius 3 is 2.46 bits per heavy atom. The van der Waals surface area contributed by atoms with Gasteiger partial charge in [-0.25, -0.2) is 0 Å². The molecule has 0 spiro atoms. The van der Waals surface area contributed by atoms with Crippen LogP contribution in [0.4, 0.5) is 13.2 Å². The molecule has 9 heteroatoms. The molecule has 3 aromatic heterocycles. The summed E-state index contributed by atoms with van der Waals surface area (Å²) in [7, 11) is 0. The summed E-state index contributed by atoms with van der Waals surface area (Å²) in [5, 5.41) is 0.941. The van der Waals surface area contributed by atoms with Gasteiger partial charge in [0.05, 0.1) is 23.6 Å². The SMILES string of the molecule is CCOC(=O)C(Cc1ccc(-c2ccc(C(F)(F)F)cn2)cc1)c1[nH]c2ccc(OCc3ccccn3)cc2c1C. The Kier molecular flexibility index (Phi) is 8.05. The molecule has 1 N–H and O–H groups in total. The van der Waals surface area contributed by atoms with Crippen LogP contribution in [0.1, 0.15) is 40.9 Å². The first-order chi connectivity index (χ1) is 19.7. The Morgan fingerprint density at radius 1 is 1.00 bits per heavy atom. The van der Waals surface area contributed by atoms with Crippen LogP contribution in [-0.4, -0.2) is 27.5 Å². The minimum Gasteiger partial charge on any atom is -0.487 e. The fourth-order valence-electron chi connectivity index (χ4n) is 4.73. The van der Waals surface area contributed by atoms with Crippen molar-refractivity contribution < 1.29 is 27.4 Å². The zero-order chi connectivity index (χ0) is 29.0. The van der Waals surface area contributed by atoms with Gasteiger partial charge in [0.15, 0.2) is 0 Å². The average Bonchev–Trinajstić information content (AvgIpc) is 3.30. The molecular weight excluding hydrogens is 531 g/mol. The van der Waals surface area contributed by atoms with Crippen LogP contribution in [0, 0.1) is 6.92 Å². The molecule has 0 aliphatic carbocycles. The number of rotatable bonds is 9. The van der Waals surface area contributed by atoms with Gasteiger partial charge >= 0.3 is 12.1 Å². The van der Waals surface area contributed by atoms with E-state index in [1.165, 1.54) is 6.07 Å². The zero-order valence-corrected chi connectivity index (χ0v) is 22.5. The van der Waals surface area contributed by atoms with Crippen LogP contribution in [-0.2, 0) is 28.7 Å². The highest BCUT2D eigenvalue weighted by molar-refractivity contribution is 5.89. The number of aromatic amines is 1. The fourth-order valence-corrected chi connectivity index (χ4v) is 4.73. The first kappa shape index (κ1) is 27.9. The third-order valence-electron chi connectivity index (χ3n) is 6.88. The summed E-state index contributed by atoms with van der Waals surface area (Å²) in [6, 6.07) is 21.0. The van der Waals surface area contributed by atoms with Crippen molar-refractivity contribution in [3.05, 3.63) is 113 Å². The third kappa shape index (κ3) is 6.40. The van der Waals surface area contributed by atoms with Crippen molar-refractivity contribution >= 4 is 16.9 Å². The molecule has 0 radical (unpaired) electrons. The fraction of sp³-hybridized carbons (Fsp3) is 0.219. The molecule has 1 unspecified atom stereocenters. The molecule has 0 aliphatic heterocycles. The number of nitrogens with one attached hydrogen (secondary N) is 1. The van der Waals surface area contributed by atoms with Crippen molar-refractivity contribution in [1.29, 1.82) is 0 Å². The van der Waals surface area contributed by atoms with Crippen LogP contribution < -0.4 is 4.74 Å². The van der Waals surface area contributed by atoms with Crippen LogP contribution in [0.25, 0.3) is 22.2 Å². The zero-order valence-electron chi connectivity index (χ0n) is 22.5. The quantitative estimate of drug-likeness (QED) is 0.190. The molecule has 0 bridgehead atoms. The number of aryl methyl sites for hydroxylation is 1. The lowest BCUT2D eigenvalue weighted by atomic mass is 9.93. The first-order valence-corrected chi connectivity index (χ1v) is 13.2. The molecule has 0 saturated heterocycles. The van der Waals surface area contributed by atoms with Crippen molar-refractivity contribution in [3.8, 4) is 17.0 Å². The number of esters is 1. The van der Waals surface area contributed by atoms with Gasteiger partial charge in [0.25, 0.3) is 0 Å². The first-order valence-electron chi connectivity index (χ1n) is 13.2. The minimum atomic E-state index is -4.44. The topological polar surface area (TPSA) is 77.1 Å². The summed E-state index contributed by atoms with van der Waals surface area (Å²) in [4.78, 5) is 24.8. The Morgan fingerprint density at radius 2 is 1.80 bits per heavy atom. The van der Waals surface area contributed by atoms with Gasteiger partial charge in [-0.05, 0) is 73.9 Å². The van der Waals surface area contributed by atoms with Crippen LogP contribution in [0.5, 0.6) is 5.75 Å². The van der Waals surface area contributed by atoms with Gasteiger partial charge in [-0.3, -0.25) is 14.8 Å². The van der Waals surface area contributed by atoms with Crippen LogP contribution in [0.15, 0.2) is 85.2 Å². The van der Waals surface area contributed by atoms with E-state index in [0.717, 1.165) is 45.7 Å². The van der Waals surface area contributed by atoms with E-state index >= 15 is 0 Å². The number of fused-ring (bicyclic) bond motifs is 1. The predicted molar refractivity (Wildman–Crippen MR) is 149 cm³/mol. The number of ether oxygens (including phenoxy) is 2. The molecule has 210 valence electrons. The van der Waals surface area contributed by atoms with Crippen LogP contribution >= 0.6 is 0 Å². The second-order valence-corrected chi connectivity index (χ2v) is 9.62. The number of nitrogens with zero attached hydrogens (tertiary/aromatic N) is 2. The maximum atomic E-state index is 13.1. The van der Waals surface area contributed by atoms with E-state index in [9.17, 15) is 18.0 Å². The van der Waals surface area contributed by atoms with Gasteiger partial charge < -0.3 is 14.5 Å². The molecule has 5 aromatic rings. The summed E-state index contributed by atoms with van der Waals surface area (Å²) in [5.74, 6) is -0.241. The van der Waals surface area contributed by atoms with Gasteiger partial charge in [-0.2, -0.15) is 13.2 Å². The van der Waals surface area contributed by atoms with Gasteiger partial charge in [0, 0.05) is 34.6 Å². The van der Waals surface area contributed by atoms with Gasteiger partial charge in [-0.15, -0.1) is 0 Å². The largest absolute Gasteiger partial charge is 0.487 e. The average molecular weight is 560 g/mol. The van der Waals surface area contributed by atoms with E-state index in [1.54, 1.807) is 25.3 Å². The number of halogens is 3. The summed E-state index contributed by atoms with van der Waals surface area (Å²) >= 11 is 0. The van der Waals surface area contributed by atoms with E-state index < -0.39 is 17.7 Å². The van der Waals surface area contributed by atoms with Gasteiger partial charge in [0.1, 0.15) is 18.3 Å². The molecule has 1 atom stereocenters.